The van der Waals surface area contributed by atoms with Crippen molar-refractivity contribution >= 4 is 52.9 Å². The summed E-state index contributed by atoms with van der Waals surface area (Å²) in [5.41, 5.74) is -2.32. The number of hydrogen-bond donors (Lipinski definition) is 1. The molecule has 206 valence electrons. The van der Waals surface area contributed by atoms with Crippen LogP contribution >= 0.6 is 23.4 Å². The number of benzene rings is 2. The van der Waals surface area contributed by atoms with Crippen LogP contribution in [0.1, 0.15) is 48.0 Å². The second-order valence-electron chi connectivity index (χ2n) is 8.94. The monoisotopic (exact) mass is 583 g/mol. The molecule has 0 bridgehead atoms. The topological polar surface area (TPSA) is 96.8 Å². The van der Waals surface area contributed by atoms with E-state index in [0.717, 1.165) is 27.3 Å². The third kappa shape index (κ3) is 5.13. The normalized spacial score (nSPS) is 14.1. The first-order valence-electron chi connectivity index (χ1n) is 11.6. The quantitative estimate of drug-likeness (QED) is 0.347. The van der Waals surface area contributed by atoms with Crippen LogP contribution < -0.4 is 9.74 Å². The summed E-state index contributed by atoms with van der Waals surface area (Å²) in [5.74, 6) is -1.36. The summed E-state index contributed by atoms with van der Waals surface area (Å²) in [6.07, 6.45) is -5.76. The highest BCUT2D eigenvalue weighted by atomic mass is 35.5. The van der Waals surface area contributed by atoms with Gasteiger partial charge in [0.15, 0.2) is 0 Å². The zero-order chi connectivity index (χ0) is 28.7. The molecule has 0 saturated carbocycles. The Morgan fingerprint density at radius 3 is 2.41 bits per heavy atom. The first-order chi connectivity index (χ1) is 18.3. The molecule has 1 aromatic heterocycles. The van der Waals surface area contributed by atoms with Crippen LogP contribution in [0.3, 0.4) is 0 Å². The van der Waals surface area contributed by atoms with E-state index in [1.807, 2.05) is 0 Å². The first kappa shape index (κ1) is 28.2. The van der Waals surface area contributed by atoms with Crippen molar-refractivity contribution in [2.45, 2.75) is 39.0 Å². The largest absolute Gasteiger partial charge is 0.448 e. The van der Waals surface area contributed by atoms with Crippen molar-refractivity contribution in [2.24, 2.45) is 0 Å². The lowest BCUT2D eigenvalue weighted by molar-refractivity contribution is -0.137. The van der Waals surface area contributed by atoms with E-state index in [2.05, 4.69) is 10.4 Å². The molecule has 0 unspecified atom stereocenters. The van der Waals surface area contributed by atoms with Gasteiger partial charge in [0.25, 0.3) is 5.91 Å². The average Bonchev–Trinajstić information content (AvgIpc) is 3.37. The van der Waals surface area contributed by atoms with Crippen LogP contribution in [0.5, 0.6) is 0 Å². The number of hydrogen-bond acceptors (Lipinski definition) is 5. The number of carbonyl (C=O) groups excluding carboxylic acids is 3. The van der Waals surface area contributed by atoms with Crippen LogP contribution in [-0.4, -0.2) is 39.3 Å². The minimum atomic E-state index is -4.80. The van der Waals surface area contributed by atoms with Gasteiger partial charge in [-0.1, -0.05) is 35.9 Å². The van der Waals surface area contributed by atoms with E-state index in [1.54, 1.807) is 45.0 Å². The number of halogens is 5. The molecule has 3 aromatic rings. The summed E-state index contributed by atoms with van der Waals surface area (Å²) in [7, 11) is 0. The Kier molecular flexibility index (Phi) is 7.55. The van der Waals surface area contributed by atoms with Crippen LogP contribution in [0, 0.1) is 0 Å². The fourth-order valence-electron chi connectivity index (χ4n) is 4.25. The number of nitrogens with zero attached hydrogens (tertiary/aromatic N) is 4. The molecule has 9 nitrogen and oxygen atoms in total. The van der Waals surface area contributed by atoms with Gasteiger partial charge in [0, 0.05) is 17.3 Å². The lowest BCUT2D eigenvalue weighted by Gasteiger charge is -2.33. The lowest BCUT2D eigenvalue weighted by Crippen LogP contribution is -2.46. The number of carbonyl (C=O) groups is 3. The molecule has 2 aromatic carbocycles. The van der Waals surface area contributed by atoms with Crippen molar-refractivity contribution in [3.8, 4) is 0 Å². The first-order valence-corrected chi connectivity index (χ1v) is 12.3. The molecule has 14 heteroatoms. The number of anilines is 2. The number of rotatable bonds is 4. The van der Waals surface area contributed by atoms with Gasteiger partial charge in [0.05, 0.1) is 46.2 Å². The van der Waals surface area contributed by atoms with Gasteiger partial charge < -0.3 is 15.0 Å². The molecule has 0 atom stereocenters. The fourth-order valence-corrected chi connectivity index (χ4v) is 4.75. The van der Waals surface area contributed by atoms with Crippen LogP contribution in [0.4, 0.5) is 34.3 Å². The number of ether oxygens (including phenoxy) is 1. The number of para-hydroxylation sites is 1. The van der Waals surface area contributed by atoms with Gasteiger partial charge in [-0.2, -0.15) is 18.3 Å². The van der Waals surface area contributed by atoms with Gasteiger partial charge in [-0.3, -0.25) is 4.79 Å². The van der Waals surface area contributed by atoms with E-state index >= 15 is 0 Å². The molecule has 0 saturated heterocycles. The SMILES string of the molecule is CCOC(=O)n1nc2c(c1NC(=O)c1ccccc1C(F)(F)F)CN(C(=O)N(Cl)c1ccccc1Cl)C2(C)C. The van der Waals surface area contributed by atoms with Crippen molar-refractivity contribution in [1.29, 1.82) is 0 Å². The predicted octanol–water partition coefficient (Wildman–Crippen LogP) is 6.64. The summed E-state index contributed by atoms with van der Waals surface area (Å²) in [5, 5.41) is 6.89. The Balaban J connectivity index is 1.75. The molecular weight excluding hydrogens is 562 g/mol. The Labute approximate surface area is 231 Å². The van der Waals surface area contributed by atoms with Crippen LogP contribution in [0.2, 0.25) is 5.02 Å². The van der Waals surface area contributed by atoms with E-state index in [1.165, 1.54) is 11.0 Å². The van der Waals surface area contributed by atoms with Crippen LogP contribution in [0.25, 0.3) is 0 Å². The van der Waals surface area contributed by atoms with Crippen LogP contribution in [0.15, 0.2) is 48.5 Å². The van der Waals surface area contributed by atoms with E-state index in [0.29, 0.717) is 0 Å². The van der Waals surface area contributed by atoms with Crippen molar-refractivity contribution in [1.82, 2.24) is 14.7 Å². The highest BCUT2D eigenvalue weighted by Crippen LogP contribution is 2.43. The van der Waals surface area contributed by atoms with E-state index in [4.69, 9.17) is 28.1 Å². The van der Waals surface area contributed by atoms with Gasteiger partial charge in [-0.25, -0.2) is 14.0 Å². The minimum absolute atomic E-state index is 0.0271. The summed E-state index contributed by atoms with van der Waals surface area (Å²) in [6.45, 7) is 4.62. The Bertz CT molecular complexity index is 1460. The minimum Gasteiger partial charge on any atom is -0.448 e. The number of amides is 3. The van der Waals surface area contributed by atoms with Crippen molar-refractivity contribution in [3.05, 3.63) is 75.9 Å². The molecule has 1 N–H and O–H groups in total. The maximum Gasteiger partial charge on any atom is 0.436 e. The highest BCUT2D eigenvalue weighted by molar-refractivity contribution is 6.41. The highest BCUT2D eigenvalue weighted by Gasteiger charge is 2.47. The fraction of sp³-hybridized carbons (Fsp3) is 0.280. The number of urea groups is 1. The zero-order valence-electron chi connectivity index (χ0n) is 20.8. The van der Waals surface area contributed by atoms with Crippen molar-refractivity contribution < 1.29 is 32.3 Å². The third-order valence-electron chi connectivity index (χ3n) is 6.17. The van der Waals surface area contributed by atoms with E-state index in [9.17, 15) is 27.6 Å². The number of alkyl halides is 3. The molecule has 1 aliphatic rings. The Hall–Kier alpha value is -3.77. The van der Waals surface area contributed by atoms with Gasteiger partial charge in [0.1, 0.15) is 5.82 Å². The molecule has 3 amide bonds. The van der Waals surface area contributed by atoms with Crippen LogP contribution in [-0.2, 0) is 23.0 Å². The summed E-state index contributed by atoms with van der Waals surface area (Å²) < 4.78 is 47.3. The second-order valence-corrected chi connectivity index (χ2v) is 9.69. The standard InChI is InChI=1S/C25H22Cl2F3N5O4/c1-4-39-23(38)35-20(31-21(36)14-9-5-6-10-16(14)25(28,29)30)15-13-33(24(2,3)19(15)32-35)22(37)34(27)18-12-8-7-11-17(18)26/h5-12H,4,13H2,1-3H3,(H,31,36). The molecule has 39 heavy (non-hydrogen) atoms. The summed E-state index contributed by atoms with van der Waals surface area (Å²) in [6, 6.07) is 9.95. The summed E-state index contributed by atoms with van der Waals surface area (Å²) in [4.78, 5) is 40.5. The Morgan fingerprint density at radius 2 is 1.77 bits per heavy atom. The summed E-state index contributed by atoms with van der Waals surface area (Å²) >= 11 is 12.5. The molecule has 0 spiro atoms. The predicted molar refractivity (Wildman–Crippen MR) is 138 cm³/mol. The van der Waals surface area contributed by atoms with Crippen molar-refractivity contribution in [3.63, 3.8) is 0 Å². The average molecular weight is 584 g/mol. The molecule has 0 fully saturated rings. The Morgan fingerprint density at radius 1 is 1.13 bits per heavy atom. The van der Waals surface area contributed by atoms with E-state index < -0.39 is 40.9 Å². The van der Waals surface area contributed by atoms with Gasteiger partial charge >= 0.3 is 18.3 Å². The molecule has 4 rings (SSSR count). The number of fused-ring (bicyclic) bond motifs is 1. The number of aromatic nitrogens is 2. The molecule has 0 aliphatic carbocycles. The van der Waals surface area contributed by atoms with E-state index in [-0.39, 0.29) is 40.9 Å². The maximum absolute atomic E-state index is 13.6. The molecule has 1 aliphatic heterocycles. The lowest BCUT2D eigenvalue weighted by atomic mass is 10.0. The third-order valence-corrected chi connectivity index (χ3v) is 6.81. The molecule has 2 heterocycles. The smallest absolute Gasteiger partial charge is 0.436 e. The molecule has 0 radical (unpaired) electrons. The zero-order valence-corrected chi connectivity index (χ0v) is 22.4. The number of nitrogens with one attached hydrogen (secondary N) is 1. The second kappa shape index (κ2) is 10.4. The van der Waals surface area contributed by atoms with Gasteiger partial charge in [0.2, 0.25) is 0 Å². The van der Waals surface area contributed by atoms with Crippen molar-refractivity contribution in [2.75, 3.05) is 16.3 Å². The maximum atomic E-state index is 13.6. The van der Waals surface area contributed by atoms with Gasteiger partial charge in [-0.05, 0) is 45.0 Å². The molecular formula is C25H22Cl2F3N5O4. The van der Waals surface area contributed by atoms with Gasteiger partial charge in [-0.15, -0.1) is 4.68 Å².